The molecule has 0 saturated heterocycles. The number of hydrogen-bond acceptors (Lipinski definition) is 4. The zero-order valence-corrected chi connectivity index (χ0v) is 11.0. The molecule has 0 bridgehead atoms. The lowest BCUT2D eigenvalue weighted by Crippen LogP contribution is -2.25. The van der Waals surface area contributed by atoms with Crippen molar-refractivity contribution in [2.24, 2.45) is 0 Å². The van der Waals surface area contributed by atoms with Gasteiger partial charge in [0.25, 0.3) is 0 Å². The van der Waals surface area contributed by atoms with Crippen molar-refractivity contribution in [1.82, 2.24) is 4.72 Å². The van der Waals surface area contributed by atoms with Crippen molar-refractivity contribution in [3.8, 4) is 0 Å². The fourth-order valence-corrected chi connectivity index (χ4v) is 2.71. The summed E-state index contributed by atoms with van der Waals surface area (Å²) in [6.45, 7) is 0.156. The largest absolute Gasteiger partial charge is 0.472 e. The molecule has 2 N–H and O–H groups in total. The lowest BCUT2D eigenvalue weighted by Gasteiger charge is -2.10. The predicted octanol–water partition coefficient (Wildman–Crippen LogP) is 1.68. The standard InChI is InChI=1S/C13H15NO4S/c15-13(11-7-9-18-10-11)6-8-14-19(16,17)12-4-2-1-3-5-12/h1-5,7,9-10,13-15H,6,8H2. The van der Waals surface area contributed by atoms with E-state index in [1.807, 2.05) is 0 Å². The van der Waals surface area contributed by atoms with Crippen LogP contribution in [0, 0.1) is 0 Å². The van der Waals surface area contributed by atoms with Crippen LogP contribution < -0.4 is 4.72 Å². The fourth-order valence-electron chi connectivity index (χ4n) is 1.64. The van der Waals surface area contributed by atoms with Crippen molar-refractivity contribution in [3.05, 3.63) is 54.5 Å². The van der Waals surface area contributed by atoms with E-state index in [0.717, 1.165) is 0 Å². The summed E-state index contributed by atoms with van der Waals surface area (Å²) in [6, 6.07) is 9.77. The highest BCUT2D eigenvalue weighted by Crippen LogP contribution is 2.16. The lowest BCUT2D eigenvalue weighted by molar-refractivity contribution is 0.168. The number of sulfonamides is 1. The topological polar surface area (TPSA) is 79.5 Å². The summed E-state index contributed by atoms with van der Waals surface area (Å²) in [7, 11) is -3.51. The van der Waals surface area contributed by atoms with Gasteiger partial charge in [0, 0.05) is 12.1 Å². The predicted molar refractivity (Wildman–Crippen MR) is 69.9 cm³/mol. The third kappa shape index (κ3) is 3.66. The number of nitrogens with one attached hydrogen (secondary N) is 1. The van der Waals surface area contributed by atoms with E-state index in [1.54, 1.807) is 24.3 Å². The van der Waals surface area contributed by atoms with Crippen molar-refractivity contribution < 1.29 is 17.9 Å². The molecule has 102 valence electrons. The van der Waals surface area contributed by atoms with E-state index in [-0.39, 0.29) is 17.9 Å². The fraction of sp³-hybridized carbons (Fsp3) is 0.231. The summed E-state index contributed by atoms with van der Waals surface area (Å²) in [4.78, 5) is 0.216. The molecular formula is C13H15NO4S. The van der Waals surface area contributed by atoms with Crippen molar-refractivity contribution in [3.63, 3.8) is 0 Å². The van der Waals surface area contributed by atoms with E-state index >= 15 is 0 Å². The van der Waals surface area contributed by atoms with Crippen LogP contribution in [-0.4, -0.2) is 20.1 Å². The smallest absolute Gasteiger partial charge is 0.240 e. The van der Waals surface area contributed by atoms with Crippen LogP contribution in [0.1, 0.15) is 18.1 Å². The van der Waals surface area contributed by atoms with Gasteiger partial charge in [-0.15, -0.1) is 0 Å². The number of rotatable bonds is 6. The number of furan rings is 1. The van der Waals surface area contributed by atoms with Crippen LogP contribution >= 0.6 is 0 Å². The van der Waals surface area contributed by atoms with Crippen molar-refractivity contribution >= 4 is 10.0 Å². The normalized spacial score (nSPS) is 13.3. The van der Waals surface area contributed by atoms with Crippen LogP contribution in [0.4, 0.5) is 0 Å². The van der Waals surface area contributed by atoms with E-state index < -0.39 is 16.1 Å². The van der Waals surface area contributed by atoms with Crippen molar-refractivity contribution in [2.75, 3.05) is 6.54 Å². The van der Waals surface area contributed by atoms with Gasteiger partial charge in [-0.25, -0.2) is 13.1 Å². The van der Waals surface area contributed by atoms with E-state index in [0.29, 0.717) is 5.56 Å². The molecule has 5 nitrogen and oxygen atoms in total. The van der Waals surface area contributed by atoms with Gasteiger partial charge in [-0.3, -0.25) is 0 Å². The summed E-state index contributed by atoms with van der Waals surface area (Å²) in [5.41, 5.74) is 0.638. The van der Waals surface area contributed by atoms with E-state index in [1.165, 1.54) is 24.7 Å². The van der Waals surface area contributed by atoms with Crippen molar-refractivity contribution in [1.29, 1.82) is 0 Å². The van der Waals surface area contributed by atoms with Gasteiger partial charge in [-0.1, -0.05) is 18.2 Å². The van der Waals surface area contributed by atoms with Gasteiger partial charge in [-0.2, -0.15) is 0 Å². The van der Waals surface area contributed by atoms with E-state index in [9.17, 15) is 13.5 Å². The van der Waals surface area contributed by atoms with Gasteiger partial charge in [0.2, 0.25) is 10.0 Å². The van der Waals surface area contributed by atoms with Gasteiger partial charge in [0.15, 0.2) is 0 Å². The van der Waals surface area contributed by atoms with Crippen LogP contribution in [0.3, 0.4) is 0 Å². The molecule has 1 atom stereocenters. The maximum absolute atomic E-state index is 11.9. The van der Waals surface area contributed by atoms with Crippen LogP contribution in [-0.2, 0) is 10.0 Å². The highest BCUT2D eigenvalue weighted by Gasteiger charge is 2.14. The second-order valence-electron chi connectivity index (χ2n) is 4.07. The third-order valence-electron chi connectivity index (χ3n) is 2.69. The molecule has 0 aliphatic carbocycles. The minimum absolute atomic E-state index is 0.156. The Labute approximate surface area is 111 Å². The number of aliphatic hydroxyl groups is 1. The first kappa shape index (κ1) is 13.8. The molecule has 1 aromatic carbocycles. The second-order valence-corrected chi connectivity index (χ2v) is 5.84. The highest BCUT2D eigenvalue weighted by molar-refractivity contribution is 7.89. The summed E-state index contributed by atoms with van der Waals surface area (Å²) < 4.78 is 31.1. The van der Waals surface area contributed by atoms with E-state index in [4.69, 9.17) is 4.42 Å². The van der Waals surface area contributed by atoms with Crippen LogP contribution in [0.15, 0.2) is 58.2 Å². The maximum Gasteiger partial charge on any atom is 0.240 e. The second kappa shape index (κ2) is 6.01. The molecule has 0 aliphatic heterocycles. The van der Waals surface area contributed by atoms with Gasteiger partial charge >= 0.3 is 0 Å². The summed E-state index contributed by atoms with van der Waals surface area (Å²) in [6.07, 6.45) is 2.45. The zero-order chi connectivity index (χ0) is 13.7. The Kier molecular flexibility index (Phi) is 4.36. The summed E-state index contributed by atoms with van der Waals surface area (Å²) in [5, 5.41) is 9.78. The minimum atomic E-state index is -3.51. The van der Waals surface area contributed by atoms with Gasteiger partial charge in [0.05, 0.1) is 23.5 Å². The molecule has 0 fully saturated rings. The Morgan fingerprint density at radius 1 is 1.21 bits per heavy atom. The Hall–Kier alpha value is -1.63. The van der Waals surface area contributed by atoms with Gasteiger partial charge < -0.3 is 9.52 Å². The molecule has 19 heavy (non-hydrogen) atoms. The molecule has 2 aromatic rings. The molecule has 1 unspecified atom stereocenters. The third-order valence-corrected chi connectivity index (χ3v) is 4.17. The molecule has 0 saturated carbocycles. The average Bonchev–Trinajstić information content (AvgIpc) is 2.93. The Bertz CT molecular complexity index is 593. The number of benzene rings is 1. The average molecular weight is 281 g/mol. The molecule has 0 radical (unpaired) electrons. The molecule has 1 aromatic heterocycles. The molecule has 2 rings (SSSR count). The first-order valence-electron chi connectivity index (χ1n) is 5.84. The quantitative estimate of drug-likeness (QED) is 0.844. The van der Waals surface area contributed by atoms with E-state index in [2.05, 4.69) is 4.72 Å². The highest BCUT2D eigenvalue weighted by atomic mass is 32.2. The molecule has 0 amide bonds. The first-order chi connectivity index (χ1) is 9.09. The van der Waals surface area contributed by atoms with Gasteiger partial charge in [-0.05, 0) is 24.6 Å². The lowest BCUT2D eigenvalue weighted by atomic mass is 10.1. The molecule has 6 heteroatoms. The monoisotopic (exact) mass is 281 g/mol. The van der Waals surface area contributed by atoms with Gasteiger partial charge in [0.1, 0.15) is 0 Å². The molecule has 0 spiro atoms. The Morgan fingerprint density at radius 3 is 2.58 bits per heavy atom. The Balaban J connectivity index is 1.89. The number of aliphatic hydroxyl groups excluding tert-OH is 1. The summed E-state index contributed by atoms with van der Waals surface area (Å²) >= 11 is 0. The summed E-state index contributed by atoms with van der Waals surface area (Å²) in [5.74, 6) is 0. The maximum atomic E-state index is 11.9. The zero-order valence-electron chi connectivity index (χ0n) is 10.2. The molecular weight excluding hydrogens is 266 g/mol. The first-order valence-corrected chi connectivity index (χ1v) is 7.33. The van der Waals surface area contributed by atoms with Crippen LogP contribution in [0.2, 0.25) is 0 Å². The van der Waals surface area contributed by atoms with Crippen molar-refractivity contribution in [2.45, 2.75) is 17.4 Å². The molecule has 0 aliphatic rings. The Morgan fingerprint density at radius 2 is 1.95 bits per heavy atom. The van der Waals surface area contributed by atoms with Crippen LogP contribution in [0.5, 0.6) is 0 Å². The number of hydrogen-bond donors (Lipinski definition) is 2. The molecule has 1 heterocycles. The SMILES string of the molecule is O=S(=O)(NCCC(O)c1ccoc1)c1ccccc1. The van der Waals surface area contributed by atoms with Crippen LogP contribution in [0.25, 0.3) is 0 Å². The minimum Gasteiger partial charge on any atom is -0.472 e.